The molecule has 0 aromatic heterocycles. The molecule has 3 rings (SSSR count). The second-order valence-electron chi connectivity index (χ2n) is 7.62. The van der Waals surface area contributed by atoms with Crippen LogP contribution in [0.3, 0.4) is 0 Å². The molecular formula is C24H30N6O4. The van der Waals surface area contributed by atoms with Crippen LogP contribution in [0.5, 0.6) is 11.5 Å². The van der Waals surface area contributed by atoms with E-state index in [0.29, 0.717) is 30.3 Å². The smallest absolute Gasteiger partial charge is 0.269 e. The molecule has 0 bridgehead atoms. The largest absolute Gasteiger partial charge is 0.486 e. The summed E-state index contributed by atoms with van der Waals surface area (Å²) in [6, 6.07) is 12.2. The van der Waals surface area contributed by atoms with Crippen molar-refractivity contribution in [3.8, 4) is 11.5 Å². The number of carbonyl (C=O) groups excluding carboxylic acids is 2. The number of nitrogens with two attached hydrogens (primary N) is 2. The molecular weight excluding hydrogens is 436 g/mol. The van der Waals surface area contributed by atoms with Gasteiger partial charge in [0.15, 0.2) is 11.5 Å². The number of carbonyl (C=O) groups is 2. The zero-order chi connectivity index (χ0) is 24.5. The van der Waals surface area contributed by atoms with Gasteiger partial charge in [0.1, 0.15) is 18.9 Å². The van der Waals surface area contributed by atoms with E-state index >= 15 is 0 Å². The molecule has 0 radical (unpaired) electrons. The van der Waals surface area contributed by atoms with Crippen LogP contribution in [-0.4, -0.2) is 49.3 Å². The Morgan fingerprint density at radius 1 is 1.18 bits per heavy atom. The summed E-state index contributed by atoms with van der Waals surface area (Å²) in [5.41, 5.74) is 8.08. The first-order valence-electron chi connectivity index (χ1n) is 11.0. The van der Waals surface area contributed by atoms with Gasteiger partial charge in [0.05, 0.1) is 18.2 Å². The van der Waals surface area contributed by atoms with Gasteiger partial charge in [0.2, 0.25) is 0 Å². The SMILES string of the molecule is CCc1ccc(C(C=N)NC(=O)/C(N)=C/N(N)CCNC(=O)c2cccc3c2OCCO3)cc1. The predicted molar refractivity (Wildman–Crippen MR) is 128 cm³/mol. The van der Waals surface area contributed by atoms with Crippen LogP contribution < -0.4 is 31.7 Å². The Morgan fingerprint density at radius 2 is 1.91 bits per heavy atom. The fourth-order valence-electron chi connectivity index (χ4n) is 3.35. The van der Waals surface area contributed by atoms with Crippen molar-refractivity contribution in [3.63, 3.8) is 0 Å². The van der Waals surface area contributed by atoms with E-state index in [2.05, 4.69) is 17.6 Å². The summed E-state index contributed by atoms with van der Waals surface area (Å²) in [7, 11) is 0. The van der Waals surface area contributed by atoms with Gasteiger partial charge in [-0.15, -0.1) is 0 Å². The van der Waals surface area contributed by atoms with Crippen LogP contribution in [0.15, 0.2) is 54.4 Å². The maximum Gasteiger partial charge on any atom is 0.269 e. The lowest BCUT2D eigenvalue weighted by Crippen LogP contribution is -2.38. The number of hydrazine groups is 1. The molecule has 0 saturated heterocycles. The first-order valence-corrected chi connectivity index (χ1v) is 11.0. The van der Waals surface area contributed by atoms with Crippen LogP contribution >= 0.6 is 0 Å². The Morgan fingerprint density at radius 3 is 2.62 bits per heavy atom. The predicted octanol–water partition coefficient (Wildman–Crippen LogP) is 1.23. The summed E-state index contributed by atoms with van der Waals surface area (Å²) in [5, 5.41) is 14.3. The summed E-state index contributed by atoms with van der Waals surface area (Å²) < 4.78 is 11.0. The lowest BCUT2D eigenvalue weighted by Gasteiger charge is -2.21. The number of hydrogen-bond acceptors (Lipinski definition) is 8. The second kappa shape index (κ2) is 11.7. The number of nitrogens with zero attached hydrogens (tertiary/aromatic N) is 1. The highest BCUT2D eigenvalue weighted by Crippen LogP contribution is 2.33. The van der Waals surface area contributed by atoms with Crippen LogP contribution in [0.2, 0.25) is 0 Å². The van der Waals surface area contributed by atoms with Gasteiger partial charge in [-0.25, -0.2) is 5.84 Å². The highest BCUT2D eigenvalue weighted by Gasteiger charge is 2.20. The number of para-hydroxylation sites is 1. The molecule has 180 valence electrons. The van der Waals surface area contributed by atoms with Gasteiger partial charge in [-0.2, -0.15) is 0 Å². The van der Waals surface area contributed by atoms with Gasteiger partial charge in [-0.1, -0.05) is 37.3 Å². The van der Waals surface area contributed by atoms with E-state index in [-0.39, 0.29) is 24.7 Å². The fraction of sp³-hybridized carbons (Fsp3) is 0.292. The van der Waals surface area contributed by atoms with Crippen molar-refractivity contribution in [1.82, 2.24) is 15.6 Å². The van der Waals surface area contributed by atoms with Gasteiger partial charge in [0.25, 0.3) is 11.8 Å². The monoisotopic (exact) mass is 466 g/mol. The van der Waals surface area contributed by atoms with E-state index in [1.54, 1.807) is 18.2 Å². The quantitative estimate of drug-likeness (QED) is 0.153. The number of rotatable bonds is 10. The average Bonchev–Trinajstić information content (AvgIpc) is 2.86. The van der Waals surface area contributed by atoms with Crippen molar-refractivity contribution < 1.29 is 19.1 Å². The zero-order valence-corrected chi connectivity index (χ0v) is 19.0. The van der Waals surface area contributed by atoms with E-state index in [4.69, 9.17) is 26.5 Å². The van der Waals surface area contributed by atoms with E-state index in [0.717, 1.165) is 23.8 Å². The van der Waals surface area contributed by atoms with Gasteiger partial charge < -0.3 is 36.3 Å². The fourth-order valence-corrected chi connectivity index (χ4v) is 3.35. The molecule has 2 amide bonds. The number of nitrogens with one attached hydrogen (secondary N) is 3. The molecule has 7 N–H and O–H groups in total. The Kier molecular flexibility index (Phi) is 8.47. The van der Waals surface area contributed by atoms with Crippen LogP contribution in [0.25, 0.3) is 0 Å². The third-order valence-electron chi connectivity index (χ3n) is 5.23. The Hall–Kier alpha value is -4.05. The minimum Gasteiger partial charge on any atom is -0.486 e. The normalized spacial score (nSPS) is 13.5. The number of amides is 2. The minimum absolute atomic E-state index is 0.117. The van der Waals surface area contributed by atoms with Gasteiger partial charge in [0, 0.05) is 19.0 Å². The number of hydrogen-bond donors (Lipinski definition) is 5. The van der Waals surface area contributed by atoms with Crippen molar-refractivity contribution in [2.75, 3.05) is 26.3 Å². The van der Waals surface area contributed by atoms with Crippen LogP contribution in [-0.2, 0) is 11.2 Å². The van der Waals surface area contributed by atoms with Crippen molar-refractivity contribution in [3.05, 3.63) is 71.1 Å². The highest BCUT2D eigenvalue weighted by molar-refractivity contribution is 5.98. The third kappa shape index (κ3) is 6.26. The summed E-state index contributed by atoms with van der Waals surface area (Å²) in [4.78, 5) is 25.0. The van der Waals surface area contributed by atoms with Crippen LogP contribution in [0, 0.1) is 5.41 Å². The third-order valence-corrected chi connectivity index (χ3v) is 5.23. The highest BCUT2D eigenvalue weighted by atomic mass is 16.6. The van der Waals surface area contributed by atoms with Crippen LogP contribution in [0.1, 0.15) is 34.5 Å². The molecule has 0 saturated carbocycles. The van der Waals surface area contributed by atoms with Crippen molar-refractivity contribution in [2.24, 2.45) is 11.6 Å². The molecule has 0 aliphatic carbocycles. The molecule has 34 heavy (non-hydrogen) atoms. The molecule has 0 spiro atoms. The first kappa shape index (κ1) is 24.6. The molecule has 1 unspecified atom stereocenters. The van der Waals surface area contributed by atoms with E-state index in [1.807, 2.05) is 24.3 Å². The summed E-state index contributed by atoms with van der Waals surface area (Å²) in [6.45, 7) is 3.28. The summed E-state index contributed by atoms with van der Waals surface area (Å²) >= 11 is 0. The van der Waals surface area contributed by atoms with Gasteiger partial charge in [-0.05, 0) is 29.7 Å². The molecule has 1 atom stereocenters. The van der Waals surface area contributed by atoms with Crippen molar-refractivity contribution in [2.45, 2.75) is 19.4 Å². The Labute approximate surface area is 198 Å². The number of fused-ring (bicyclic) bond motifs is 1. The molecule has 10 heteroatoms. The standard InChI is InChI=1S/C24H30N6O4/c1-2-16-6-8-17(9-7-16)20(14-25)29-24(32)19(26)15-30(27)11-10-28-23(31)18-4-3-5-21-22(18)34-13-12-33-21/h3-9,14-15,20,25H,2,10-13,26-27H2,1H3,(H,28,31)(H,29,32)/b19-15-,25-14?. The summed E-state index contributed by atoms with van der Waals surface area (Å²) in [6.07, 6.45) is 3.32. The molecule has 2 aromatic carbocycles. The number of aryl methyl sites for hydroxylation is 1. The number of ether oxygens (including phenoxy) is 2. The molecule has 10 nitrogen and oxygen atoms in total. The van der Waals surface area contributed by atoms with E-state index in [1.165, 1.54) is 11.2 Å². The van der Waals surface area contributed by atoms with Gasteiger partial charge >= 0.3 is 0 Å². The number of benzene rings is 2. The lowest BCUT2D eigenvalue weighted by molar-refractivity contribution is -0.118. The molecule has 1 aliphatic rings. The molecule has 2 aromatic rings. The molecule has 1 heterocycles. The minimum atomic E-state index is -0.612. The van der Waals surface area contributed by atoms with Crippen molar-refractivity contribution >= 4 is 18.0 Å². The zero-order valence-electron chi connectivity index (χ0n) is 19.0. The van der Waals surface area contributed by atoms with Gasteiger partial charge in [-0.3, -0.25) is 9.59 Å². The molecule has 0 fully saturated rings. The topological polar surface area (TPSA) is 156 Å². The van der Waals surface area contributed by atoms with Crippen LogP contribution in [0.4, 0.5) is 0 Å². The second-order valence-corrected chi connectivity index (χ2v) is 7.62. The summed E-state index contributed by atoms with van der Waals surface area (Å²) in [5.74, 6) is 5.98. The Bertz CT molecular complexity index is 1050. The maximum atomic E-state index is 12.5. The molecule has 1 aliphatic heterocycles. The Balaban J connectivity index is 1.50. The maximum absolute atomic E-state index is 12.5. The van der Waals surface area contributed by atoms with Crippen molar-refractivity contribution in [1.29, 1.82) is 5.41 Å². The lowest BCUT2D eigenvalue weighted by atomic mass is 10.0. The average molecular weight is 467 g/mol. The van der Waals surface area contributed by atoms with E-state index in [9.17, 15) is 9.59 Å². The van der Waals surface area contributed by atoms with E-state index < -0.39 is 11.9 Å². The first-order chi connectivity index (χ1) is 16.4.